The monoisotopic (exact) mass is 516 g/mol. The molecule has 10 nitrogen and oxygen atoms in total. The Hall–Kier alpha value is -2.69. The Balaban J connectivity index is 1.48. The van der Waals surface area contributed by atoms with Crippen LogP contribution in [0.15, 0.2) is 18.2 Å². The Morgan fingerprint density at radius 3 is 2.30 bits per heavy atom. The van der Waals surface area contributed by atoms with Crippen LogP contribution in [-0.2, 0) is 22.4 Å². The number of nitrogens with two attached hydrogens (primary N) is 1. The Bertz CT molecular complexity index is 863. The molecule has 1 aliphatic rings. The number of nitrogens with one attached hydrogen (secondary N) is 2. The summed E-state index contributed by atoms with van der Waals surface area (Å²) in [5, 5.41) is 6.60. The predicted octanol–water partition coefficient (Wildman–Crippen LogP) is 4.30. The highest BCUT2D eigenvalue weighted by Gasteiger charge is 2.13. The standard InChI is InChI=1S/C27H44N6O4/c1-2-3-4-5-6-7-8-9-10-25-31-26(29-14-16-35-18-17-34-15-13-28)33-27(32-25)30-20-22-11-12-23-24(19-22)37-21-36-23/h11-12,19H,2-10,13-18,20-21,28H2,1H3,(H2,29,30,31,32,33). The van der Waals surface area contributed by atoms with Gasteiger partial charge in [-0.1, -0.05) is 57.9 Å². The number of anilines is 2. The highest BCUT2D eigenvalue weighted by molar-refractivity contribution is 5.45. The first-order valence-corrected chi connectivity index (χ1v) is 13.7. The number of rotatable bonds is 21. The smallest absolute Gasteiger partial charge is 0.231 e. The summed E-state index contributed by atoms with van der Waals surface area (Å²) in [4.78, 5) is 13.9. The molecular weight excluding hydrogens is 472 g/mol. The van der Waals surface area contributed by atoms with E-state index in [9.17, 15) is 0 Å². The number of hydrogen-bond donors (Lipinski definition) is 3. The van der Waals surface area contributed by atoms with Crippen LogP contribution in [0.4, 0.5) is 11.9 Å². The van der Waals surface area contributed by atoms with Crippen molar-refractivity contribution in [1.29, 1.82) is 0 Å². The number of ether oxygens (including phenoxy) is 4. The average molecular weight is 517 g/mol. The molecule has 0 spiro atoms. The van der Waals surface area contributed by atoms with Crippen molar-refractivity contribution in [3.8, 4) is 11.5 Å². The molecule has 206 valence electrons. The molecule has 0 aliphatic carbocycles. The van der Waals surface area contributed by atoms with E-state index in [4.69, 9.17) is 24.7 Å². The molecule has 0 atom stereocenters. The van der Waals surface area contributed by atoms with E-state index in [0.717, 1.165) is 35.7 Å². The second-order valence-corrected chi connectivity index (χ2v) is 9.11. The quantitative estimate of drug-likeness (QED) is 0.207. The molecule has 0 amide bonds. The molecule has 3 rings (SSSR count). The zero-order valence-corrected chi connectivity index (χ0v) is 22.3. The van der Waals surface area contributed by atoms with Gasteiger partial charge in [-0.25, -0.2) is 0 Å². The van der Waals surface area contributed by atoms with E-state index in [1.807, 2.05) is 18.2 Å². The molecular formula is C27H44N6O4. The Morgan fingerprint density at radius 1 is 0.811 bits per heavy atom. The van der Waals surface area contributed by atoms with Gasteiger partial charge in [0.15, 0.2) is 11.5 Å². The summed E-state index contributed by atoms with van der Waals surface area (Å²) in [5.74, 6) is 3.45. The first kappa shape index (κ1) is 28.9. The fraction of sp³-hybridized carbons (Fsp3) is 0.667. The number of nitrogens with zero attached hydrogens (tertiary/aromatic N) is 3. The molecule has 10 heteroatoms. The molecule has 1 aromatic heterocycles. The predicted molar refractivity (Wildman–Crippen MR) is 145 cm³/mol. The zero-order valence-electron chi connectivity index (χ0n) is 22.3. The van der Waals surface area contributed by atoms with Crippen molar-refractivity contribution in [2.24, 2.45) is 5.73 Å². The summed E-state index contributed by atoms with van der Waals surface area (Å²) in [7, 11) is 0. The van der Waals surface area contributed by atoms with Crippen molar-refractivity contribution in [1.82, 2.24) is 15.0 Å². The van der Waals surface area contributed by atoms with E-state index in [1.165, 1.54) is 44.9 Å². The molecule has 0 fully saturated rings. The summed E-state index contributed by atoms with van der Waals surface area (Å²) >= 11 is 0. The van der Waals surface area contributed by atoms with Gasteiger partial charge in [0.05, 0.1) is 26.4 Å². The Labute approximate surface area is 221 Å². The van der Waals surface area contributed by atoms with Gasteiger partial charge < -0.3 is 35.3 Å². The van der Waals surface area contributed by atoms with E-state index in [0.29, 0.717) is 58.0 Å². The minimum Gasteiger partial charge on any atom is -0.454 e. The summed E-state index contributed by atoms with van der Waals surface area (Å²) in [6, 6.07) is 5.91. The van der Waals surface area contributed by atoms with Crippen LogP contribution in [0.2, 0.25) is 0 Å². The van der Waals surface area contributed by atoms with Crippen molar-refractivity contribution in [2.45, 2.75) is 71.3 Å². The molecule has 2 aromatic rings. The summed E-state index contributed by atoms with van der Waals surface area (Å²) in [6.07, 6.45) is 11.0. The summed E-state index contributed by atoms with van der Waals surface area (Å²) in [5.41, 5.74) is 6.48. The van der Waals surface area contributed by atoms with Crippen LogP contribution in [0.1, 0.15) is 69.7 Å². The third kappa shape index (κ3) is 11.5. The number of hydrogen-bond acceptors (Lipinski definition) is 10. The van der Waals surface area contributed by atoms with Crippen molar-refractivity contribution in [3.63, 3.8) is 0 Å². The van der Waals surface area contributed by atoms with Gasteiger partial charge >= 0.3 is 0 Å². The van der Waals surface area contributed by atoms with Gasteiger partial charge in [-0.05, 0) is 24.1 Å². The lowest BCUT2D eigenvalue weighted by molar-refractivity contribution is 0.0547. The molecule has 1 aliphatic heterocycles. The molecule has 0 radical (unpaired) electrons. The number of aryl methyl sites for hydroxylation is 1. The molecule has 4 N–H and O–H groups in total. The fourth-order valence-electron chi connectivity index (χ4n) is 3.98. The minimum absolute atomic E-state index is 0.265. The van der Waals surface area contributed by atoms with Gasteiger partial charge in [-0.2, -0.15) is 15.0 Å². The highest BCUT2D eigenvalue weighted by Crippen LogP contribution is 2.32. The molecule has 1 aromatic carbocycles. The van der Waals surface area contributed by atoms with Crippen LogP contribution in [-0.4, -0.2) is 61.3 Å². The van der Waals surface area contributed by atoms with Gasteiger partial charge in [0.2, 0.25) is 18.7 Å². The maximum absolute atomic E-state index is 5.59. The number of unbranched alkanes of at least 4 members (excludes halogenated alkanes) is 7. The van der Waals surface area contributed by atoms with Gasteiger partial charge in [-0.15, -0.1) is 0 Å². The lowest BCUT2D eigenvalue weighted by Crippen LogP contribution is -2.17. The molecule has 0 saturated heterocycles. The third-order valence-electron chi connectivity index (χ3n) is 5.99. The lowest BCUT2D eigenvalue weighted by Gasteiger charge is -2.11. The third-order valence-corrected chi connectivity index (χ3v) is 5.99. The van der Waals surface area contributed by atoms with Crippen LogP contribution in [0, 0.1) is 0 Å². The van der Waals surface area contributed by atoms with Gasteiger partial charge in [0.25, 0.3) is 0 Å². The van der Waals surface area contributed by atoms with E-state index in [-0.39, 0.29) is 6.79 Å². The molecule has 2 heterocycles. The number of benzene rings is 1. The Morgan fingerprint density at radius 2 is 1.51 bits per heavy atom. The number of fused-ring (bicyclic) bond motifs is 1. The maximum atomic E-state index is 5.59. The van der Waals surface area contributed by atoms with Crippen LogP contribution in [0.5, 0.6) is 11.5 Å². The fourth-order valence-corrected chi connectivity index (χ4v) is 3.98. The van der Waals surface area contributed by atoms with Gasteiger partial charge in [-0.3, -0.25) is 0 Å². The summed E-state index contributed by atoms with van der Waals surface area (Å²) < 4.78 is 21.8. The average Bonchev–Trinajstić information content (AvgIpc) is 3.38. The summed E-state index contributed by atoms with van der Waals surface area (Å²) in [6.45, 7) is 6.37. The molecule has 0 bridgehead atoms. The van der Waals surface area contributed by atoms with Crippen LogP contribution in [0.3, 0.4) is 0 Å². The van der Waals surface area contributed by atoms with Gasteiger partial charge in [0.1, 0.15) is 5.82 Å². The van der Waals surface area contributed by atoms with Crippen LogP contribution >= 0.6 is 0 Å². The maximum Gasteiger partial charge on any atom is 0.231 e. The molecule has 37 heavy (non-hydrogen) atoms. The van der Waals surface area contributed by atoms with E-state index in [1.54, 1.807) is 0 Å². The topological polar surface area (TPSA) is 126 Å². The Kier molecular flexibility index (Phi) is 13.8. The number of aromatic nitrogens is 3. The van der Waals surface area contributed by atoms with E-state index in [2.05, 4.69) is 32.5 Å². The first-order chi connectivity index (χ1) is 18.3. The van der Waals surface area contributed by atoms with Gasteiger partial charge in [0, 0.05) is 26.1 Å². The van der Waals surface area contributed by atoms with Crippen molar-refractivity contribution in [3.05, 3.63) is 29.6 Å². The SMILES string of the molecule is CCCCCCCCCCc1nc(NCCOCCOCCN)nc(NCc2ccc3c(c2)OCO3)n1. The van der Waals surface area contributed by atoms with Crippen molar-refractivity contribution in [2.75, 3.05) is 56.9 Å². The zero-order chi connectivity index (χ0) is 26.0. The second-order valence-electron chi connectivity index (χ2n) is 9.11. The van der Waals surface area contributed by atoms with Crippen molar-refractivity contribution < 1.29 is 18.9 Å². The van der Waals surface area contributed by atoms with E-state index < -0.39 is 0 Å². The molecule has 0 saturated carbocycles. The molecule has 0 unspecified atom stereocenters. The largest absolute Gasteiger partial charge is 0.454 e. The van der Waals surface area contributed by atoms with E-state index >= 15 is 0 Å². The normalized spacial score (nSPS) is 12.2. The lowest BCUT2D eigenvalue weighted by atomic mass is 10.1. The highest BCUT2D eigenvalue weighted by atomic mass is 16.7. The van der Waals surface area contributed by atoms with Crippen LogP contribution < -0.4 is 25.8 Å². The second kappa shape index (κ2) is 17.7. The van der Waals surface area contributed by atoms with Crippen LogP contribution in [0.25, 0.3) is 0 Å². The first-order valence-electron chi connectivity index (χ1n) is 13.7. The van der Waals surface area contributed by atoms with Crippen molar-refractivity contribution >= 4 is 11.9 Å². The minimum atomic E-state index is 0.265.